The first-order valence-corrected chi connectivity index (χ1v) is 5.42. The van der Waals surface area contributed by atoms with E-state index in [1.807, 2.05) is 0 Å². The van der Waals surface area contributed by atoms with Gasteiger partial charge in [-0.1, -0.05) is 0 Å². The molecule has 0 radical (unpaired) electrons. The SMILES string of the molecule is O=S(=O)(OCCC1OCCO1)C(F)(F)F. The number of halogens is 3. The molecular formula is C6H9F3O5S. The molecule has 0 aliphatic carbocycles. The van der Waals surface area contributed by atoms with E-state index in [1.54, 1.807) is 0 Å². The van der Waals surface area contributed by atoms with E-state index >= 15 is 0 Å². The van der Waals surface area contributed by atoms with Crippen molar-refractivity contribution in [3.63, 3.8) is 0 Å². The van der Waals surface area contributed by atoms with Crippen molar-refractivity contribution in [1.82, 2.24) is 0 Å². The van der Waals surface area contributed by atoms with E-state index in [-0.39, 0.29) is 6.42 Å². The summed E-state index contributed by atoms with van der Waals surface area (Å²) in [6.07, 6.45) is -0.747. The third-order valence-corrected chi connectivity index (χ3v) is 2.61. The molecule has 1 aliphatic heterocycles. The maximum Gasteiger partial charge on any atom is 0.523 e. The summed E-state index contributed by atoms with van der Waals surface area (Å²) in [5, 5.41) is 0. The summed E-state index contributed by atoms with van der Waals surface area (Å²) >= 11 is 0. The van der Waals surface area contributed by atoms with Gasteiger partial charge in [0.2, 0.25) is 0 Å². The highest BCUT2D eigenvalue weighted by molar-refractivity contribution is 7.87. The summed E-state index contributed by atoms with van der Waals surface area (Å²) < 4.78 is 69.6. The van der Waals surface area contributed by atoms with Gasteiger partial charge in [0.05, 0.1) is 19.8 Å². The highest BCUT2D eigenvalue weighted by atomic mass is 32.2. The molecule has 0 spiro atoms. The van der Waals surface area contributed by atoms with E-state index in [4.69, 9.17) is 9.47 Å². The van der Waals surface area contributed by atoms with Gasteiger partial charge in [-0.25, -0.2) is 0 Å². The Hall–Kier alpha value is -0.380. The molecule has 1 saturated heterocycles. The van der Waals surface area contributed by atoms with Crippen molar-refractivity contribution >= 4 is 10.1 Å². The van der Waals surface area contributed by atoms with Gasteiger partial charge in [-0.05, 0) is 0 Å². The number of alkyl halides is 3. The van der Waals surface area contributed by atoms with Crippen LogP contribution in [-0.2, 0) is 23.8 Å². The maximum atomic E-state index is 11.8. The lowest BCUT2D eigenvalue weighted by molar-refractivity contribution is -0.0653. The predicted molar refractivity (Wildman–Crippen MR) is 41.2 cm³/mol. The van der Waals surface area contributed by atoms with Crippen LogP contribution in [-0.4, -0.2) is 40.0 Å². The molecule has 0 aromatic carbocycles. The zero-order valence-corrected chi connectivity index (χ0v) is 8.31. The molecule has 0 aromatic heterocycles. The third kappa shape index (κ3) is 3.59. The van der Waals surface area contributed by atoms with E-state index in [1.165, 1.54) is 0 Å². The van der Waals surface area contributed by atoms with Crippen LogP contribution in [0.4, 0.5) is 13.2 Å². The zero-order valence-electron chi connectivity index (χ0n) is 7.49. The minimum atomic E-state index is -5.50. The molecule has 0 amide bonds. The Morgan fingerprint density at radius 2 is 1.80 bits per heavy atom. The van der Waals surface area contributed by atoms with Crippen LogP contribution in [0, 0.1) is 0 Å². The monoisotopic (exact) mass is 250 g/mol. The average molecular weight is 250 g/mol. The van der Waals surface area contributed by atoms with Crippen LogP contribution in [0.2, 0.25) is 0 Å². The molecule has 0 aromatic rings. The van der Waals surface area contributed by atoms with Crippen LogP contribution >= 0.6 is 0 Å². The Morgan fingerprint density at radius 3 is 2.27 bits per heavy atom. The van der Waals surface area contributed by atoms with E-state index < -0.39 is 28.5 Å². The third-order valence-electron chi connectivity index (χ3n) is 1.57. The summed E-state index contributed by atoms with van der Waals surface area (Å²) in [6, 6.07) is 0. The second-order valence-corrected chi connectivity index (χ2v) is 4.29. The van der Waals surface area contributed by atoms with Gasteiger partial charge in [-0.3, -0.25) is 4.18 Å². The Balaban J connectivity index is 2.30. The van der Waals surface area contributed by atoms with Crippen LogP contribution in [0.3, 0.4) is 0 Å². The molecule has 0 saturated carbocycles. The molecule has 1 rings (SSSR count). The summed E-state index contributed by atoms with van der Waals surface area (Å²) in [5.41, 5.74) is -5.38. The van der Waals surface area contributed by atoms with Crippen molar-refractivity contribution in [3.8, 4) is 0 Å². The Morgan fingerprint density at radius 1 is 1.27 bits per heavy atom. The first-order valence-electron chi connectivity index (χ1n) is 4.02. The second-order valence-electron chi connectivity index (χ2n) is 2.68. The molecular weight excluding hydrogens is 241 g/mol. The first kappa shape index (κ1) is 12.7. The van der Waals surface area contributed by atoms with Gasteiger partial charge in [0, 0.05) is 6.42 Å². The van der Waals surface area contributed by atoms with Gasteiger partial charge in [0.1, 0.15) is 0 Å². The van der Waals surface area contributed by atoms with Gasteiger partial charge in [-0.2, -0.15) is 21.6 Å². The van der Waals surface area contributed by atoms with E-state index in [2.05, 4.69) is 4.18 Å². The fourth-order valence-electron chi connectivity index (χ4n) is 0.895. The molecule has 15 heavy (non-hydrogen) atoms. The molecule has 1 heterocycles. The Kier molecular flexibility index (Phi) is 3.93. The topological polar surface area (TPSA) is 61.8 Å². The summed E-state index contributed by atoms with van der Waals surface area (Å²) in [4.78, 5) is 0. The normalized spacial score (nSPS) is 19.7. The van der Waals surface area contributed by atoms with Gasteiger partial charge < -0.3 is 9.47 Å². The smallest absolute Gasteiger partial charge is 0.350 e. The molecule has 5 nitrogen and oxygen atoms in total. The first-order chi connectivity index (χ1) is 6.83. The maximum absolute atomic E-state index is 11.8. The lowest BCUT2D eigenvalue weighted by Crippen LogP contribution is -2.26. The molecule has 90 valence electrons. The number of hydrogen-bond donors (Lipinski definition) is 0. The lowest BCUT2D eigenvalue weighted by atomic mass is 10.4. The molecule has 0 bridgehead atoms. The number of rotatable bonds is 4. The average Bonchev–Trinajstić information content (AvgIpc) is 2.54. The van der Waals surface area contributed by atoms with Gasteiger partial charge in [0.25, 0.3) is 0 Å². The standard InChI is InChI=1S/C6H9F3O5S/c7-6(8,9)15(10,11)14-2-1-5-12-3-4-13-5/h5H,1-4H2. The van der Waals surface area contributed by atoms with Gasteiger partial charge in [0.15, 0.2) is 6.29 Å². The van der Waals surface area contributed by atoms with E-state index in [9.17, 15) is 21.6 Å². The minimum absolute atomic E-state index is 0.0602. The summed E-state index contributed by atoms with van der Waals surface area (Å²) in [5.74, 6) is 0. The van der Waals surface area contributed by atoms with Crippen molar-refractivity contribution in [2.24, 2.45) is 0 Å². The number of ether oxygens (including phenoxy) is 2. The lowest BCUT2D eigenvalue weighted by Gasteiger charge is -2.10. The van der Waals surface area contributed by atoms with Crippen LogP contribution < -0.4 is 0 Å². The Labute approximate surface area is 84.2 Å². The van der Waals surface area contributed by atoms with Crippen molar-refractivity contribution in [2.75, 3.05) is 19.8 Å². The highest BCUT2D eigenvalue weighted by Gasteiger charge is 2.47. The second kappa shape index (κ2) is 4.64. The molecule has 0 atom stereocenters. The van der Waals surface area contributed by atoms with Gasteiger partial charge in [-0.15, -0.1) is 0 Å². The minimum Gasteiger partial charge on any atom is -0.350 e. The van der Waals surface area contributed by atoms with Crippen LogP contribution in [0.25, 0.3) is 0 Å². The number of hydrogen-bond acceptors (Lipinski definition) is 5. The zero-order chi connectivity index (χ0) is 11.5. The quantitative estimate of drug-likeness (QED) is 0.540. The summed E-state index contributed by atoms with van der Waals surface area (Å²) in [6.45, 7) is 0.0693. The highest BCUT2D eigenvalue weighted by Crippen LogP contribution is 2.24. The van der Waals surface area contributed by atoms with Crippen LogP contribution in [0.5, 0.6) is 0 Å². The molecule has 0 N–H and O–H groups in total. The van der Waals surface area contributed by atoms with Crippen molar-refractivity contribution in [2.45, 2.75) is 18.2 Å². The van der Waals surface area contributed by atoms with E-state index in [0.29, 0.717) is 13.2 Å². The molecule has 1 aliphatic rings. The Bertz CT molecular complexity index is 292. The van der Waals surface area contributed by atoms with Gasteiger partial charge >= 0.3 is 15.6 Å². The molecule has 1 fully saturated rings. The summed E-state index contributed by atoms with van der Waals surface area (Å²) in [7, 11) is -5.50. The van der Waals surface area contributed by atoms with Crippen molar-refractivity contribution in [3.05, 3.63) is 0 Å². The fourth-order valence-corrected chi connectivity index (χ4v) is 1.34. The van der Waals surface area contributed by atoms with Crippen molar-refractivity contribution < 1.29 is 35.2 Å². The molecule has 9 heteroatoms. The fraction of sp³-hybridized carbons (Fsp3) is 1.00. The van der Waals surface area contributed by atoms with Crippen LogP contribution in [0.1, 0.15) is 6.42 Å². The van der Waals surface area contributed by atoms with Crippen molar-refractivity contribution in [1.29, 1.82) is 0 Å². The molecule has 0 unspecified atom stereocenters. The largest absolute Gasteiger partial charge is 0.523 e. The van der Waals surface area contributed by atoms with Crippen LogP contribution in [0.15, 0.2) is 0 Å². The van der Waals surface area contributed by atoms with E-state index in [0.717, 1.165) is 0 Å². The predicted octanol–water partition coefficient (Wildman–Crippen LogP) is 0.616.